The Hall–Kier alpha value is -3.15. The predicted molar refractivity (Wildman–Crippen MR) is 169 cm³/mol. The number of halogens is 9. The zero-order valence-electron chi connectivity index (χ0n) is 25.9. The molecule has 0 atom stereocenters. The Morgan fingerprint density at radius 2 is 1.12 bits per heavy atom. The van der Waals surface area contributed by atoms with E-state index in [4.69, 9.17) is 13.1 Å². The van der Waals surface area contributed by atoms with Crippen LogP contribution in [0, 0.1) is 0 Å². The molecule has 5 nitrogen and oxygen atoms in total. The van der Waals surface area contributed by atoms with Crippen molar-refractivity contribution in [3.8, 4) is 11.5 Å². The molecular weight excluding hydrogens is 732 g/mol. The third-order valence-electron chi connectivity index (χ3n) is 7.15. The van der Waals surface area contributed by atoms with Gasteiger partial charge in [0.05, 0.1) is 17.4 Å². The molecule has 0 bridgehead atoms. The molecule has 17 heteroatoms. The van der Waals surface area contributed by atoms with E-state index in [1.807, 2.05) is 13.8 Å². The molecule has 0 unspecified atom stereocenters. The summed E-state index contributed by atoms with van der Waals surface area (Å²) in [6.45, 7) is 4.39. The SMILES string of the molecule is CCCCOc1ccc(S(OS(=O)(=O)C(F)(F)C(F)(F)C(F)(F)C(F)(F)F)(c2ccc(OCCCC)cc2)c2cc3ccccc3s2)cc1. The first-order valence-electron chi connectivity index (χ1n) is 14.8. The molecule has 0 N–H and O–H groups in total. The number of ether oxygens (including phenoxy) is 2. The third kappa shape index (κ3) is 7.35. The number of thiophene rings is 1. The van der Waals surface area contributed by atoms with Crippen LogP contribution in [-0.2, 0) is 13.7 Å². The summed E-state index contributed by atoms with van der Waals surface area (Å²) in [7, 11) is -11.5. The first kappa shape index (κ1) is 38.6. The van der Waals surface area contributed by atoms with E-state index in [-0.39, 0.29) is 38.7 Å². The Kier molecular flexibility index (Phi) is 11.5. The average Bonchev–Trinajstić information content (AvgIpc) is 3.49. The standard InChI is InChI=1S/C32H31F9O5S3/c1-3-5-19-44-23-11-15-25(16-12-23)48(28-21-22-9-7-8-10-27(22)47-28,26-17-13-24(14-18-26)45-20-6-4-2)46-49(42,43)32(40,41)30(35,36)29(33,34)31(37,38)39/h7-18,21H,3-6,19-20H2,1-2H3. The second kappa shape index (κ2) is 14.6. The Morgan fingerprint density at radius 1 is 0.653 bits per heavy atom. The van der Waals surface area contributed by atoms with Crippen molar-refractivity contribution >= 4 is 41.9 Å². The highest BCUT2D eigenvalue weighted by molar-refractivity contribution is 8.34. The van der Waals surface area contributed by atoms with Crippen LogP contribution in [0.2, 0.25) is 0 Å². The summed E-state index contributed by atoms with van der Waals surface area (Å²) in [6, 6.07) is 18.0. The molecule has 1 heterocycles. The van der Waals surface area contributed by atoms with E-state index in [1.165, 1.54) is 54.6 Å². The van der Waals surface area contributed by atoms with Gasteiger partial charge in [0.1, 0.15) is 11.5 Å². The summed E-state index contributed by atoms with van der Waals surface area (Å²) in [5.74, 6) is -14.4. The van der Waals surface area contributed by atoms with Crippen molar-refractivity contribution in [3.05, 3.63) is 78.9 Å². The lowest BCUT2D eigenvalue weighted by atomic mass is 10.1. The number of alkyl halides is 9. The van der Waals surface area contributed by atoms with Gasteiger partial charge >= 0.3 is 33.4 Å². The maximum atomic E-state index is 15.3. The van der Waals surface area contributed by atoms with Gasteiger partial charge in [0.15, 0.2) is 0 Å². The number of fused-ring (bicyclic) bond motifs is 1. The molecule has 270 valence electrons. The molecule has 0 fully saturated rings. The van der Waals surface area contributed by atoms with Crippen molar-refractivity contribution in [2.75, 3.05) is 13.2 Å². The molecule has 3 aromatic carbocycles. The summed E-state index contributed by atoms with van der Waals surface area (Å²) >= 11 is 0.829. The van der Waals surface area contributed by atoms with E-state index in [2.05, 4.69) is 0 Å². The maximum Gasteiger partial charge on any atom is 0.460 e. The number of rotatable bonds is 16. The van der Waals surface area contributed by atoms with Gasteiger partial charge in [0.2, 0.25) is 0 Å². The summed E-state index contributed by atoms with van der Waals surface area (Å²) in [5, 5.41) is -6.64. The third-order valence-corrected chi connectivity index (χ3v) is 14.0. The van der Waals surface area contributed by atoms with Crippen LogP contribution < -0.4 is 9.47 Å². The summed E-state index contributed by atoms with van der Waals surface area (Å²) < 4.78 is 170. The maximum absolute atomic E-state index is 15.3. The number of unbranched alkanes of at least 4 members (excludes halogenated alkanes) is 2. The van der Waals surface area contributed by atoms with Gasteiger partial charge in [-0.05, 0) is 89.2 Å². The van der Waals surface area contributed by atoms with E-state index >= 15 is 8.78 Å². The Balaban J connectivity index is 2.00. The van der Waals surface area contributed by atoms with Crippen LogP contribution in [0.5, 0.6) is 11.5 Å². The van der Waals surface area contributed by atoms with Crippen LogP contribution in [0.25, 0.3) is 10.1 Å². The molecule has 0 saturated carbocycles. The van der Waals surface area contributed by atoms with Crippen LogP contribution in [0.15, 0.2) is 92.9 Å². The van der Waals surface area contributed by atoms with Crippen LogP contribution >= 0.6 is 21.6 Å². The normalized spacial score (nSPS) is 13.9. The second-order valence-corrected chi connectivity index (χ2v) is 16.5. The zero-order chi connectivity index (χ0) is 36.3. The minimum Gasteiger partial charge on any atom is -0.494 e. The molecule has 0 saturated heterocycles. The first-order valence-corrected chi connectivity index (χ1v) is 18.6. The van der Waals surface area contributed by atoms with Gasteiger partial charge in [0, 0.05) is 14.5 Å². The fourth-order valence-corrected chi connectivity index (χ4v) is 11.6. The first-order chi connectivity index (χ1) is 22.9. The van der Waals surface area contributed by atoms with Crippen molar-refractivity contribution in [2.45, 2.75) is 76.8 Å². The van der Waals surface area contributed by atoms with Crippen LogP contribution in [0.4, 0.5) is 39.5 Å². The minimum absolute atomic E-state index is 0.127. The lowest BCUT2D eigenvalue weighted by Crippen LogP contribution is -2.63. The van der Waals surface area contributed by atoms with Gasteiger partial charge in [0.25, 0.3) is 0 Å². The second-order valence-electron chi connectivity index (χ2n) is 10.7. The summed E-state index contributed by atoms with van der Waals surface area (Å²) in [4.78, 5) is -0.404. The number of benzene rings is 3. The zero-order valence-corrected chi connectivity index (χ0v) is 28.4. The van der Waals surface area contributed by atoms with Gasteiger partial charge < -0.3 is 9.47 Å². The highest BCUT2D eigenvalue weighted by Crippen LogP contribution is 2.73. The molecule has 0 spiro atoms. The van der Waals surface area contributed by atoms with Crippen LogP contribution in [0.3, 0.4) is 0 Å². The van der Waals surface area contributed by atoms with Crippen LogP contribution in [-0.4, -0.2) is 44.9 Å². The van der Waals surface area contributed by atoms with Gasteiger partial charge in [-0.1, -0.05) is 44.9 Å². The Labute approximate surface area is 282 Å². The highest BCUT2D eigenvalue weighted by atomic mass is 32.3. The molecule has 0 aliphatic rings. The predicted octanol–water partition coefficient (Wildman–Crippen LogP) is 11.2. The lowest BCUT2D eigenvalue weighted by molar-refractivity contribution is -0.382. The van der Waals surface area contributed by atoms with Crippen molar-refractivity contribution in [3.63, 3.8) is 0 Å². The Morgan fingerprint density at radius 3 is 1.55 bits per heavy atom. The molecule has 0 aliphatic heterocycles. The van der Waals surface area contributed by atoms with E-state index < -0.39 is 43.7 Å². The molecule has 4 aromatic rings. The fourth-order valence-electron chi connectivity index (χ4n) is 4.40. The fraction of sp³-hybridized carbons (Fsp3) is 0.375. The van der Waals surface area contributed by atoms with Crippen molar-refractivity contribution in [1.82, 2.24) is 0 Å². The number of hydrogen-bond acceptors (Lipinski definition) is 6. The monoisotopic (exact) mass is 762 g/mol. The van der Waals surface area contributed by atoms with Gasteiger partial charge in [-0.15, -0.1) is 11.3 Å². The lowest BCUT2D eigenvalue weighted by Gasteiger charge is -2.40. The quantitative estimate of drug-likeness (QED) is 0.0840. The van der Waals surface area contributed by atoms with Crippen LogP contribution in [0.1, 0.15) is 39.5 Å². The van der Waals surface area contributed by atoms with Crippen molar-refractivity contribution in [1.29, 1.82) is 0 Å². The van der Waals surface area contributed by atoms with Crippen molar-refractivity contribution in [2.24, 2.45) is 0 Å². The molecule has 0 aliphatic carbocycles. The summed E-state index contributed by atoms with van der Waals surface area (Å²) in [6.07, 6.45) is -4.34. The van der Waals surface area contributed by atoms with Gasteiger partial charge in [-0.25, -0.2) is 3.63 Å². The van der Waals surface area contributed by atoms with Gasteiger partial charge in [-0.2, -0.15) is 47.9 Å². The van der Waals surface area contributed by atoms with Gasteiger partial charge in [-0.3, -0.25) is 0 Å². The van der Waals surface area contributed by atoms with E-state index in [9.17, 15) is 39.2 Å². The largest absolute Gasteiger partial charge is 0.494 e. The smallest absolute Gasteiger partial charge is 0.460 e. The highest BCUT2D eigenvalue weighted by Gasteiger charge is 2.86. The topological polar surface area (TPSA) is 61.8 Å². The van der Waals surface area contributed by atoms with E-state index in [0.717, 1.165) is 24.2 Å². The molecule has 49 heavy (non-hydrogen) atoms. The molecule has 0 amide bonds. The molecular formula is C32H31F9O5S3. The molecule has 1 aromatic heterocycles. The van der Waals surface area contributed by atoms with E-state index in [1.54, 1.807) is 24.3 Å². The Bertz CT molecular complexity index is 1720. The number of hydrogen-bond donors (Lipinski definition) is 0. The van der Waals surface area contributed by atoms with E-state index in [0.29, 0.717) is 22.9 Å². The van der Waals surface area contributed by atoms with Crippen molar-refractivity contribution < 1.29 is 61.0 Å². The molecule has 4 rings (SSSR count). The molecule has 0 radical (unpaired) electrons. The average molecular weight is 763 g/mol. The summed E-state index contributed by atoms with van der Waals surface area (Å²) in [5.41, 5.74) is 0. The minimum atomic E-state index is -7.49.